The number of carbonyl (C=O) groups is 1. The highest BCUT2D eigenvalue weighted by molar-refractivity contribution is 6.00. The van der Waals surface area contributed by atoms with E-state index in [9.17, 15) is 14.9 Å². The topological polar surface area (TPSA) is 103 Å². The molecule has 0 aliphatic carbocycles. The van der Waals surface area contributed by atoms with Crippen molar-refractivity contribution in [3.8, 4) is 22.5 Å². The molecule has 0 aliphatic rings. The maximum Gasteiger partial charge on any atom is 0.271 e. The molecular weight excluding hydrogens is 370 g/mol. The minimum atomic E-state index is -0.515. The average Bonchev–Trinajstić information content (AvgIpc) is 3.18. The number of hydrogen-bond acceptors (Lipinski definition) is 5. The van der Waals surface area contributed by atoms with E-state index >= 15 is 0 Å². The van der Waals surface area contributed by atoms with Crippen LogP contribution in [0.5, 0.6) is 0 Å². The predicted octanol–water partition coefficient (Wildman–Crippen LogP) is 3.90. The minimum Gasteiger partial charge on any atom is -0.267 e. The first-order valence-corrected chi connectivity index (χ1v) is 8.76. The molecular formula is C21H15N5O3. The lowest BCUT2D eigenvalue weighted by Crippen LogP contribution is -2.24. The molecule has 1 N–H and O–H groups in total. The zero-order valence-electron chi connectivity index (χ0n) is 15.1. The van der Waals surface area contributed by atoms with E-state index < -0.39 is 10.8 Å². The number of non-ortho nitro benzene ring substituents is 1. The molecule has 8 nitrogen and oxygen atoms in total. The number of nitro groups is 1. The Labute approximate surface area is 165 Å². The van der Waals surface area contributed by atoms with Crippen molar-refractivity contribution in [2.75, 3.05) is 5.43 Å². The van der Waals surface area contributed by atoms with Crippen LogP contribution >= 0.6 is 0 Å². The fraction of sp³-hybridized carbons (Fsp3) is 0. The third-order valence-electron chi connectivity index (χ3n) is 4.31. The lowest BCUT2D eigenvalue weighted by Gasteiger charge is -2.10. The number of nitrogens with one attached hydrogen (secondary N) is 1. The SMILES string of the molecule is O=C(Nn1nnc(-c2ccccc2)c1-c1ccccc1)c1ccc([N+](=O)[O-])cc1. The van der Waals surface area contributed by atoms with Crippen LogP contribution in [-0.2, 0) is 0 Å². The molecule has 1 amide bonds. The van der Waals surface area contributed by atoms with Gasteiger partial charge in [-0.25, -0.2) is 5.43 Å². The van der Waals surface area contributed by atoms with E-state index in [1.807, 2.05) is 60.7 Å². The molecule has 0 radical (unpaired) electrons. The lowest BCUT2D eigenvalue weighted by molar-refractivity contribution is -0.384. The molecule has 0 spiro atoms. The third-order valence-corrected chi connectivity index (χ3v) is 4.31. The summed E-state index contributed by atoms with van der Waals surface area (Å²) in [6, 6.07) is 24.4. The summed E-state index contributed by atoms with van der Waals surface area (Å²) < 4.78 is 0. The van der Waals surface area contributed by atoms with Crippen LogP contribution in [0.2, 0.25) is 0 Å². The van der Waals surface area contributed by atoms with E-state index in [4.69, 9.17) is 0 Å². The van der Waals surface area contributed by atoms with Gasteiger partial charge in [-0.2, -0.15) is 4.79 Å². The van der Waals surface area contributed by atoms with E-state index in [0.29, 0.717) is 11.4 Å². The number of aromatic nitrogens is 3. The van der Waals surface area contributed by atoms with Gasteiger partial charge in [0, 0.05) is 28.8 Å². The zero-order valence-corrected chi connectivity index (χ0v) is 15.1. The molecule has 4 aromatic rings. The van der Waals surface area contributed by atoms with Crippen LogP contribution in [0.25, 0.3) is 22.5 Å². The van der Waals surface area contributed by atoms with Crippen molar-refractivity contribution in [2.24, 2.45) is 0 Å². The first-order chi connectivity index (χ1) is 14.1. The average molecular weight is 385 g/mol. The molecule has 0 bridgehead atoms. The number of nitrogens with zero attached hydrogens (tertiary/aromatic N) is 4. The van der Waals surface area contributed by atoms with E-state index in [0.717, 1.165) is 11.1 Å². The Balaban J connectivity index is 1.71. The summed E-state index contributed by atoms with van der Waals surface area (Å²) in [7, 11) is 0. The van der Waals surface area contributed by atoms with Crippen molar-refractivity contribution in [3.05, 3.63) is 101 Å². The number of carbonyl (C=O) groups excluding carboxylic acids is 1. The van der Waals surface area contributed by atoms with Gasteiger partial charge in [-0.05, 0) is 17.3 Å². The van der Waals surface area contributed by atoms with Crippen LogP contribution in [0, 0.1) is 10.1 Å². The van der Waals surface area contributed by atoms with E-state index in [-0.39, 0.29) is 11.3 Å². The largest absolute Gasteiger partial charge is 0.271 e. The molecule has 0 aliphatic heterocycles. The molecule has 0 fully saturated rings. The van der Waals surface area contributed by atoms with Gasteiger partial charge in [-0.1, -0.05) is 60.7 Å². The summed E-state index contributed by atoms with van der Waals surface area (Å²) in [4.78, 5) is 24.3. The van der Waals surface area contributed by atoms with Crippen LogP contribution in [0.3, 0.4) is 0 Å². The highest BCUT2D eigenvalue weighted by Crippen LogP contribution is 2.29. The third kappa shape index (κ3) is 3.72. The summed E-state index contributed by atoms with van der Waals surface area (Å²) in [6.45, 7) is 0. The number of rotatable bonds is 5. The van der Waals surface area contributed by atoms with Gasteiger partial charge in [0.2, 0.25) is 0 Å². The predicted molar refractivity (Wildman–Crippen MR) is 108 cm³/mol. The van der Waals surface area contributed by atoms with Crippen molar-refractivity contribution >= 4 is 11.6 Å². The molecule has 0 atom stereocenters. The van der Waals surface area contributed by atoms with Gasteiger partial charge in [-0.15, -0.1) is 5.10 Å². The second-order valence-electron chi connectivity index (χ2n) is 6.18. The fourth-order valence-corrected chi connectivity index (χ4v) is 2.90. The van der Waals surface area contributed by atoms with Crippen molar-refractivity contribution < 1.29 is 9.72 Å². The summed E-state index contributed by atoms with van der Waals surface area (Å²) >= 11 is 0. The zero-order chi connectivity index (χ0) is 20.2. The number of hydrogen-bond donors (Lipinski definition) is 1. The van der Waals surface area contributed by atoms with Crippen molar-refractivity contribution in [1.82, 2.24) is 15.1 Å². The molecule has 3 aromatic carbocycles. The highest BCUT2D eigenvalue weighted by atomic mass is 16.6. The Kier molecular flexibility index (Phi) is 4.81. The van der Waals surface area contributed by atoms with E-state index in [1.165, 1.54) is 29.1 Å². The normalized spacial score (nSPS) is 10.5. The molecule has 29 heavy (non-hydrogen) atoms. The molecule has 0 unspecified atom stereocenters. The van der Waals surface area contributed by atoms with Gasteiger partial charge in [0.15, 0.2) is 0 Å². The highest BCUT2D eigenvalue weighted by Gasteiger charge is 2.19. The Bertz CT molecular complexity index is 1160. The smallest absolute Gasteiger partial charge is 0.267 e. The molecule has 0 saturated heterocycles. The lowest BCUT2D eigenvalue weighted by atomic mass is 10.1. The van der Waals surface area contributed by atoms with Crippen molar-refractivity contribution in [1.29, 1.82) is 0 Å². The molecule has 8 heteroatoms. The molecule has 0 saturated carbocycles. The summed E-state index contributed by atoms with van der Waals surface area (Å²) in [6.07, 6.45) is 0. The van der Waals surface area contributed by atoms with Gasteiger partial charge in [0.1, 0.15) is 11.4 Å². The Hall–Kier alpha value is -4.33. The fourth-order valence-electron chi connectivity index (χ4n) is 2.90. The molecule has 142 valence electrons. The quantitative estimate of drug-likeness (QED) is 0.414. The Morgan fingerprint density at radius 1 is 0.862 bits per heavy atom. The first-order valence-electron chi connectivity index (χ1n) is 8.76. The van der Waals surface area contributed by atoms with Gasteiger partial charge >= 0.3 is 0 Å². The first kappa shape index (κ1) is 18.1. The maximum atomic E-state index is 12.7. The van der Waals surface area contributed by atoms with Crippen LogP contribution in [0.1, 0.15) is 10.4 Å². The van der Waals surface area contributed by atoms with Crippen LogP contribution in [-0.4, -0.2) is 25.9 Å². The van der Waals surface area contributed by atoms with Crippen molar-refractivity contribution in [2.45, 2.75) is 0 Å². The standard InChI is InChI=1S/C21H15N5O3/c27-21(17-11-13-18(14-12-17)26(28)29)23-25-20(16-9-5-2-6-10-16)19(22-24-25)15-7-3-1-4-8-15/h1-14H,(H,23,27). The van der Waals surface area contributed by atoms with Gasteiger partial charge in [-0.3, -0.25) is 14.9 Å². The van der Waals surface area contributed by atoms with Crippen LogP contribution in [0.15, 0.2) is 84.9 Å². The Morgan fingerprint density at radius 2 is 1.45 bits per heavy atom. The van der Waals surface area contributed by atoms with Crippen LogP contribution < -0.4 is 5.43 Å². The Morgan fingerprint density at radius 3 is 2.03 bits per heavy atom. The summed E-state index contributed by atoms with van der Waals surface area (Å²) in [5, 5.41) is 19.2. The van der Waals surface area contributed by atoms with Gasteiger partial charge in [0.25, 0.3) is 11.6 Å². The van der Waals surface area contributed by atoms with Crippen LogP contribution in [0.4, 0.5) is 5.69 Å². The maximum absolute atomic E-state index is 12.7. The molecule has 1 aromatic heterocycles. The van der Waals surface area contributed by atoms with E-state index in [2.05, 4.69) is 15.7 Å². The monoisotopic (exact) mass is 385 g/mol. The van der Waals surface area contributed by atoms with E-state index in [1.54, 1.807) is 0 Å². The summed E-state index contributed by atoms with van der Waals surface area (Å²) in [5.74, 6) is -0.457. The molecule has 4 rings (SSSR count). The molecule has 1 heterocycles. The summed E-state index contributed by atoms with van der Waals surface area (Å²) in [5.41, 5.74) is 5.84. The second-order valence-corrected chi connectivity index (χ2v) is 6.18. The van der Waals surface area contributed by atoms with Gasteiger partial charge < -0.3 is 0 Å². The number of nitro benzene ring substituents is 1. The second kappa shape index (κ2) is 7.73. The minimum absolute atomic E-state index is 0.0846. The van der Waals surface area contributed by atoms with Gasteiger partial charge in [0.05, 0.1) is 4.92 Å². The number of amides is 1. The number of benzene rings is 3. The van der Waals surface area contributed by atoms with Crippen molar-refractivity contribution in [3.63, 3.8) is 0 Å².